The van der Waals surface area contributed by atoms with Crippen LogP contribution in [0.3, 0.4) is 0 Å². The van der Waals surface area contributed by atoms with Crippen LogP contribution in [0.2, 0.25) is 0 Å². The average molecular weight is 492 g/mol. The molecule has 0 spiro atoms. The first-order chi connectivity index (χ1) is 15.7. The Hall–Kier alpha value is -3.00. The number of aromatic nitrogens is 3. The number of para-hydroxylation sites is 2. The maximum absolute atomic E-state index is 4.79. The van der Waals surface area contributed by atoms with Crippen LogP contribution in [0.1, 0.15) is 35.3 Å². The van der Waals surface area contributed by atoms with Crippen LogP contribution < -0.4 is 0 Å². The lowest BCUT2D eigenvalue weighted by molar-refractivity contribution is 1.03. The average Bonchev–Trinajstić information content (AvgIpc) is 3.44. The first kappa shape index (κ1) is 23.2. The molecule has 0 fully saturated rings. The third kappa shape index (κ3) is 5.33. The van der Waals surface area contributed by atoms with Gasteiger partial charge in [0.2, 0.25) is 0 Å². The maximum Gasteiger partial charge on any atom is 0.115 e. The van der Waals surface area contributed by atoms with Gasteiger partial charge in [-0.2, -0.15) is 0 Å². The molecule has 0 saturated carbocycles. The molecule has 3 heterocycles. The van der Waals surface area contributed by atoms with Gasteiger partial charge in [-0.3, -0.25) is 9.98 Å². The smallest absolute Gasteiger partial charge is 0.115 e. The standard InChI is InChI=1S/C25H21N5S2.ClH/c1-16(26-14-24-29-20-8-3-5-12-22(20)31-24)18-10-7-11-19(28-18)17(2)27-15-25-30-21-9-4-6-13-23(21)32-25;/h3-13H,14-15H2,1-2H3;1H. The summed E-state index contributed by atoms with van der Waals surface area (Å²) in [5.41, 5.74) is 5.56. The Morgan fingerprint density at radius 2 is 1.09 bits per heavy atom. The van der Waals surface area contributed by atoms with Crippen LogP contribution in [0, 0.1) is 0 Å². The summed E-state index contributed by atoms with van der Waals surface area (Å²) in [4.78, 5) is 23.6. The fourth-order valence-corrected chi connectivity index (χ4v) is 5.13. The van der Waals surface area contributed by atoms with Crippen molar-refractivity contribution in [2.75, 3.05) is 0 Å². The van der Waals surface area contributed by atoms with Gasteiger partial charge in [-0.15, -0.1) is 35.1 Å². The van der Waals surface area contributed by atoms with Gasteiger partial charge in [0.25, 0.3) is 0 Å². The first-order valence-corrected chi connectivity index (χ1v) is 12.0. The molecule has 0 radical (unpaired) electrons. The summed E-state index contributed by atoms with van der Waals surface area (Å²) in [6.45, 7) is 5.10. The van der Waals surface area contributed by atoms with Crippen molar-refractivity contribution in [3.05, 3.63) is 88.1 Å². The van der Waals surface area contributed by atoms with Gasteiger partial charge in [-0.1, -0.05) is 30.3 Å². The zero-order valence-corrected chi connectivity index (χ0v) is 20.7. The molecule has 5 nitrogen and oxygen atoms in total. The van der Waals surface area contributed by atoms with Gasteiger partial charge in [0.05, 0.1) is 56.3 Å². The van der Waals surface area contributed by atoms with Crippen LogP contribution >= 0.6 is 35.1 Å². The van der Waals surface area contributed by atoms with Crippen molar-refractivity contribution in [2.24, 2.45) is 9.98 Å². The molecule has 0 amide bonds. The molecule has 33 heavy (non-hydrogen) atoms. The molecule has 0 aliphatic carbocycles. The van der Waals surface area contributed by atoms with Gasteiger partial charge in [0.15, 0.2) is 0 Å². The summed E-state index contributed by atoms with van der Waals surface area (Å²) < 4.78 is 2.38. The van der Waals surface area contributed by atoms with Crippen LogP contribution in [-0.2, 0) is 13.1 Å². The highest BCUT2D eigenvalue weighted by Crippen LogP contribution is 2.23. The van der Waals surface area contributed by atoms with E-state index in [0.29, 0.717) is 13.1 Å². The normalized spacial score (nSPS) is 12.3. The van der Waals surface area contributed by atoms with E-state index in [1.807, 2.05) is 68.4 Å². The summed E-state index contributed by atoms with van der Waals surface area (Å²) in [6, 6.07) is 22.3. The van der Waals surface area contributed by atoms with Crippen molar-refractivity contribution in [1.29, 1.82) is 0 Å². The van der Waals surface area contributed by atoms with E-state index < -0.39 is 0 Å². The number of hydrogen-bond donors (Lipinski definition) is 0. The van der Waals surface area contributed by atoms with Crippen molar-refractivity contribution >= 4 is 66.9 Å². The lowest BCUT2D eigenvalue weighted by Gasteiger charge is -2.04. The number of hydrogen-bond acceptors (Lipinski definition) is 7. The Kier molecular flexibility index (Phi) is 7.23. The molecule has 0 N–H and O–H groups in total. The number of thiazole rings is 2. The van der Waals surface area contributed by atoms with E-state index in [-0.39, 0.29) is 12.4 Å². The predicted molar refractivity (Wildman–Crippen MR) is 143 cm³/mol. The second-order valence-corrected chi connectivity index (χ2v) is 9.59. The largest absolute Gasteiger partial charge is 0.281 e. The third-order valence-electron chi connectivity index (χ3n) is 5.07. The molecule has 0 aliphatic rings. The Morgan fingerprint density at radius 1 is 0.636 bits per heavy atom. The summed E-state index contributed by atoms with van der Waals surface area (Å²) in [5.74, 6) is 0. The van der Waals surface area contributed by atoms with Crippen LogP contribution in [0.4, 0.5) is 0 Å². The Bertz CT molecular complexity index is 1290. The minimum atomic E-state index is 0. The number of halogens is 1. The van der Waals surface area contributed by atoms with Crippen molar-refractivity contribution < 1.29 is 0 Å². The molecule has 2 aromatic carbocycles. The van der Waals surface area contributed by atoms with Crippen LogP contribution in [0.15, 0.2) is 76.7 Å². The van der Waals surface area contributed by atoms with Gasteiger partial charge >= 0.3 is 0 Å². The van der Waals surface area contributed by atoms with E-state index in [0.717, 1.165) is 43.9 Å². The lowest BCUT2D eigenvalue weighted by atomic mass is 10.2. The summed E-state index contributed by atoms with van der Waals surface area (Å²) in [6.07, 6.45) is 0. The molecule has 8 heteroatoms. The Balaban J connectivity index is 0.00000259. The molecule has 5 rings (SSSR count). The monoisotopic (exact) mass is 491 g/mol. The van der Waals surface area contributed by atoms with Crippen molar-refractivity contribution in [3.63, 3.8) is 0 Å². The zero-order chi connectivity index (χ0) is 21.9. The molecular formula is C25H22ClN5S2. The molecule has 0 atom stereocenters. The van der Waals surface area contributed by atoms with Crippen molar-refractivity contribution in [1.82, 2.24) is 15.0 Å². The summed E-state index contributed by atoms with van der Waals surface area (Å²) in [7, 11) is 0. The van der Waals surface area contributed by atoms with Crippen LogP contribution in [0.25, 0.3) is 20.4 Å². The quantitative estimate of drug-likeness (QED) is 0.247. The number of fused-ring (bicyclic) bond motifs is 2. The first-order valence-electron chi connectivity index (χ1n) is 10.3. The highest BCUT2D eigenvalue weighted by molar-refractivity contribution is 7.18. The van der Waals surface area contributed by atoms with E-state index in [1.165, 1.54) is 9.40 Å². The summed E-state index contributed by atoms with van der Waals surface area (Å²) >= 11 is 3.37. The SMILES string of the molecule is CC(=NCc1nc2ccccc2s1)c1cccc(C(C)=NCc2nc3ccccc3s2)n1.Cl. The van der Waals surface area contributed by atoms with Gasteiger partial charge in [-0.05, 0) is 50.2 Å². The fourth-order valence-electron chi connectivity index (χ4n) is 3.35. The topological polar surface area (TPSA) is 63.4 Å². The minimum Gasteiger partial charge on any atom is -0.281 e. The zero-order valence-electron chi connectivity index (χ0n) is 18.2. The second kappa shape index (κ2) is 10.3. The Morgan fingerprint density at radius 3 is 1.55 bits per heavy atom. The predicted octanol–water partition coefficient (Wildman–Crippen LogP) is 6.74. The fraction of sp³-hybridized carbons (Fsp3) is 0.160. The molecular weight excluding hydrogens is 470 g/mol. The highest BCUT2D eigenvalue weighted by atomic mass is 35.5. The molecule has 0 bridgehead atoms. The number of aliphatic imine (C=N–C) groups is 2. The minimum absolute atomic E-state index is 0. The van der Waals surface area contributed by atoms with E-state index in [9.17, 15) is 0 Å². The van der Waals surface area contributed by atoms with Gasteiger partial charge in [-0.25, -0.2) is 15.0 Å². The third-order valence-corrected chi connectivity index (χ3v) is 7.11. The van der Waals surface area contributed by atoms with Crippen LogP contribution in [-0.4, -0.2) is 26.4 Å². The number of benzene rings is 2. The summed E-state index contributed by atoms with van der Waals surface area (Å²) in [5, 5.41) is 2.02. The molecule has 3 aromatic heterocycles. The molecule has 166 valence electrons. The molecule has 0 aliphatic heterocycles. The van der Waals surface area contributed by atoms with E-state index in [4.69, 9.17) is 15.0 Å². The molecule has 5 aromatic rings. The van der Waals surface area contributed by atoms with Gasteiger partial charge in [0, 0.05) is 0 Å². The van der Waals surface area contributed by atoms with Gasteiger partial charge in [0.1, 0.15) is 10.0 Å². The maximum atomic E-state index is 4.79. The van der Waals surface area contributed by atoms with E-state index >= 15 is 0 Å². The van der Waals surface area contributed by atoms with Gasteiger partial charge < -0.3 is 0 Å². The van der Waals surface area contributed by atoms with Crippen LogP contribution in [0.5, 0.6) is 0 Å². The number of nitrogens with zero attached hydrogens (tertiary/aromatic N) is 5. The van der Waals surface area contributed by atoms with E-state index in [1.54, 1.807) is 22.7 Å². The Labute approximate surface area is 206 Å². The van der Waals surface area contributed by atoms with Crippen molar-refractivity contribution in [3.8, 4) is 0 Å². The number of rotatable bonds is 6. The van der Waals surface area contributed by atoms with E-state index in [2.05, 4.69) is 22.1 Å². The molecule has 0 saturated heterocycles. The number of pyridine rings is 1. The molecule has 0 unspecified atom stereocenters. The second-order valence-electron chi connectivity index (χ2n) is 7.36. The van der Waals surface area contributed by atoms with Crippen molar-refractivity contribution in [2.45, 2.75) is 26.9 Å². The highest BCUT2D eigenvalue weighted by Gasteiger charge is 2.07. The lowest BCUT2D eigenvalue weighted by Crippen LogP contribution is -2.06.